The number of hydrogen-bond donors (Lipinski definition) is 1. The van der Waals surface area contributed by atoms with Crippen molar-refractivity contribution in [1.29, 1.82) is 0 Å². The van der Waals surface area contributed by atoms with Gasteiger partial charge in [0.05, 0.1) is 10.7 Å². The van der Waals surface area contributed by atoms with Crippen LogP contribution in [0.2, 0.25) is 5.02 Å². The lowest BCUT2D eigenvalue weighted by atomic mass is 9.88. The molecule has 2 rings (SSSR count). The topological polar surface area (TPSA) is 38.4 Å². The maximum absolute atomic E-state index is 6.10. The summed E-state index contributed by atoms with van der Waals surface area (Å²) in [5.41, 5.74) is 6.83. The van der Waals surface area contributed by atoms with Crippen LogP contribution in [0.5, 0.6) is 0 Å². The van der Waals surface area contributed by atoms with Gasteiger partial charge in [0, 0.05) is 10.4 Å². The number of aliphatic imine (C=N–C) groups is 1. The van der Waals surface area contributed by atoms with Crippen LogP contribution in [0.25, 0.3) is 0 Å². The molecule has 1 aliphatic carbocycles. The highest BCUT2D eigenvalue weighted by Gasteiger charge is 2.17. The third-order valence-electron chi connectivity index (χ3n) is 3.18. The first-order valence-corrected chi connectivity index (χ1v) is 7.13. The highest BCUT2D eigenvalue weighted by atomic mass is 79.9. The van der Waals surface area contributed by atoms with Gasteiger partial charge in [-0.3, -0.25) is 0 Å². The van der Waals surface area contributed by atoms with E-state index in [-0.39, 0.29) is 0 Å². The lowest BCUT2D eigenvalue weighted by Gasteiger charge is -2.20. The molecule has 0 bridgehead atoms. The smallest absolute Gasteiger partial charge is 0.103 e. The molecule has 0 radical (unpaired) electrons. The van der Waals surface area contributed by atoms with E-state index in [1.165, 1.54) is 19.3 Å². The molecule has 0 aromatic heterocycles. The number of nitrogens with zero attached hydrogens (tertiary/aromatic N) is 1. The molecule has 92 valence electrons. The van der Waals surface area contributed by atoms with Gasteiger partial charge in [-0.1, -0.05) is 46.8 Å². The van der Waals surface area contributed by atoms with Crippen LogP contribution in [0.15, 0.2) is 27.7 Å². The fraction of sp³-hybridized carbons (Fsp3) is 0.462. The molecule has 1 aliphatic rings. The van der Waals surface area contributed by atoms with Gasteiger partial charge in [-0.25, -0.2) is 4.99 Å². The van der Waals surface area contributed by atoms with Gasteiger partial charge in [-0.15, -0.1) is 0 Å². The molecule has 2 nitrogen and oxygen atoms in total. The summed E-state index contributed by atoms with van der Waals surface area (Å²) >= 11 is 9.51. The maximum Gasteiger partial charge on any atom is 0.103 e. The molecule has 0 amide bonds. The quantitative estimate of drug-likeness (QED) is 0.625. The van der Waals surface area contributed by atoms with E-state index in [0.717, 1.165) is 28.8 Å². The molecule has 0 unspecified atom stereocenters. The number of halogens is 2. The Labute approximate surface area is 115 Å². The van der Waals surface area contributed by atoms with Gasteiger partial charge >= 0.3 is 0 Å². The Bertz CT molecular complexity index is 425. The second kappa shape index (κ2) is 5.87. The average Bonchev–Trinajstić information content (AvgIpc) is 2.35. The summed E-state index contributed by atoms with van der Waals surface area (Å²) in [6, 6.07) is 5.63. The summed E-state index contributed by atoms with van der Waals surface area (Å²) < 4.78 is 0.970. The first kappa shape index (κ1) is 12.9. The van der Waals surface area contributed by atoms with Crippen LogP contribution < -0.4 is 5.73 Å². The second-order valence-corrected chi connectivity index (χ2v) is 5.79. The summed E-state index contributed by atoms with van der Waals surface area (Å²) in [5.74, 6) is 1.16. The molecule has 1 saturated carbocycles. The molecule has 17 heavy (non-hydrogen) atoms. The van der Waals surface area contributed by atoms with E-state index < -0.39 is 0 Å². The lowest BCUT2D eigenvalue weighted by molar-refractivity contribution is 0.437. The zero-order chi connectivity index (χ0) is 12.3. The minimum Gasteiger partial charge on any atom is -0.387 e. The third kappa shape index (κ3) is 3.46. The van der Waals surface area contributed by atoms with Crippen molar-refractivity contribution in [2.24, 2.45) is 16.6 Å². The van der Waals surface area contributed by atoms with E-state index in [0.29, 0.717) is 10.9 Å². The summed E-state index contributed by atoms with van der Waals surface area (Å²) in [6.45, 7) is 0. The van der Waals surface area contributed by atoms with Crippen molar-refractivity contribution in [2.45, 2.75) is 32.1 Å². The van der Waals surface area contributed by atoms with E-state index in [1.807, 2.05) is 18.2 Å². The minimum atomic E-state index is 0.429. The monoisotopic (exact) mass is 314 g/mol. The molecule has 0 spiro atoms. The summed E-state index contributed by atoms with van der Waals surface area (Å²) in [4.78, 5) is 4.48. The van der Waals surface area contributed by atoms with E-state index >= 15 is 0 Å². The molecule has 0 atom stereocenters. The van der Waals surface area contributed by atoms with Crippen LogP contribution in [0.3, 0.4) is 0 Å². The van der Waals surface area contributed by atoms with E-state index in [1.54, 1.807) is 0 Å². The fourth-order valence-corrected chi connectivity index (χ4v) is 2.71. The molecular formula is C13H16BrClN2. The Balaban J connectivity index is 2.19. The van der Waals surface area contributed by atoms with E-state index in [9.17, 15) is 0 Å². The van der Waals surface area contributed by atoms with Crippen molar-refractivity contribution in [3.05, 3.63) is 27.7 Å². The molecule has 4 heteroatoms. The van der Waals surface area contributed by atoms with Crippen molar-refractivity contribution < 1.29 is 0 Å². The average molecular weight is 316 g/mol. The molecule has 2 N–H and O–H groups in total. The van der Waals surface area contributed by atoms with Gasteiger partial charge in [-0.2, -0.15) is 0 Å². The minimum absolute atomic E-state index is 0.429. The van der Waals surface area contributed by atoms with Crippen LogP contribution in [-0.2, 0) is 0 Å². The van der Waals surface area contributed by atoms with Gasteiger partial charge in [0.1, 0.15) is 5.84 Å². The second-order valence-electron chi connectivity index (χ2n) is 4.47. The van der Waals surface area contributed by atoms with Gasteiger partial charge in [0.15, 0.2) is 0 Å². The number of amidine groups is 1. The predicted octanol–water partition coefficient (Wildman–Crippen LogP) is 4.67. The first-order chi connectivity index (χ1) is 8.16. The highest BCUT2D eigenvalue weighted by Crippen LogP contribution is 2.30. The lowest BCUT2D eigenvalue weighted by Crippen LogP contribution is -2.25. The molecule has 0 heterocycles. The molecule has 0 saturated heterocycles. The number of benzene rings is 1. The SMILES string of the molecule is NC(=Nc1cc(Br)ccc1Cl)C1CCCCC1. The van der Waals surface area contributed by atoms with Crippen LogP contribution >= 0.6 is 27.5 Å². The number of hydrogen-bond acceptors (Lipinski definition) is 1. The van der Waals surface area contributed by atoms with Gasteiger partial charge in [0.2, 0.25) is 0 Å². The number of rotatable bonds is 2. The first-order valence-electron chi connectivity index (χ1n) is 5.96. The zero-order valence-electron chi connectivity index (χ0n) is 9.63. The van der Waals surface area contributed by atoms with Crippen LogP contribution in [0.4, 0.5) is 5.69 Å². The van der Waals surface area contributed by atoms with E-state index in [4.69, 9.17) is 17.3 Å². The fourth-order valence-electron chi connectivity index (χ4n) is 2.20. The van der Waals surface area contributed by atoms with Crippen LogP contribution in [-0.4, -0.2) is 5.84 Å². The van der Waals surface area contributed by atoms with Crippen LogP contribution in [0, 0.1) is 5.92 Å². The maximum atomic E-state index is 6.10. The Hall–Kier alpha value is -0.540. The van der Waals surface area contributed by atoms with Crippen molar-refractivity contribution >= 4 is 39.1 Å². The van der Waals surface area contributed by atoms with Crippen LogP contribution in [0.1, 0.15) is 32.1 Å². The Morgan fingerprint density at radius 2 is 2.00 bits per heavy atom. The summed E-state index contributed by atoms with van der Waals surface area (Å²) in [7, 11) is 0. The Morgan fingerprint density at radius 1 is 1.29 bits per heavy atom. The van der Waals surface area contributed by atoms with Gasteiger partial charge in [0.25, 0.3) is 0 Å². The molecular weight excluding hydrogens is 300 g/mol. The number of nitrogens with two attached hydrogens (primary N) is 1. The Morgan fingerprint density at radius 3 is 2.71 bits per heavy atom. The zero-order valence-corrected chi connectivity index (χ0v) is 12.0. The largest absolute Gasteiger partial charge is 0.387 e. The molecule has 1 aromatic carbocycles. The molecule has 1 aromatic rings. The highest BCUT2D eigenvalue weighted by molar-refractivity contribution is 9.10. The molecule has 1 fully saturated rings. The molecule has 0 aliphatic heterocycles. The van der Waals surface area contributed by atoms with E-state index in [2.05, 4.69) is 20.9 Å². The van der Waals surface area contributed by atoms with Crippen molar-refractivity contribution in [2.75, 3.05) is 0 Å². The van der Waals surface area contributed by atoms with Crippen molar-refractivity contribution in [3.63, 3.8) is 0 Å². The van der Waals surface area contributed by atoms with Crippen molar-refractivity contribution in [3.8, 4) is 0 Å². The summed E-state index contributed by atoms with van der Waals surface area (Å²) in [6.07, 6.45) is 6.14. The standard InChI is InChI=1S/C13H16BrClN2/c14-10-6-7-11(15)12(8-10)17-13(16)9-4-2-1-3-5-9/h6-9H,1-5H2,(H2,16,17). The normalized spacial score (nSPS) is 18.4. The third-order valence-corrected chi connectivity index (χ3v) is 3.99. The Kier molecular flexibility index (Phi) is 4.46. The predicted molar refractivity (Wildman–Crippen MR) is 77.0 cm³/mol. The van der Waals surface area contributed by atoms with Crippen molar-refractivity contribution in [1.82, 2.24) is 0 Å². The summed E-state index contributed by atoms with van der Waals surface area (Å²) in [5, 5.41) is 0.645. The van der Waals surface area contributed by atoms with Gasteiger partial charge < -0.3 is 5.73 Å². The van der Waals surface area contributed by atoms with Gasteiger partial charge in [-0.05, 0) is 31.0 Å².